The molecule has 1 N–H and O–H groups in total. The summed E-state index contributed by atoms with van der Waals surface area (Å²) in [4.78, 5) is 14.2. The standard InChI is InChI=1S/C30H25BrFNO3S/c1-3-36-30(35)29-23-14-27(34)24(31)15-25(23)33(16-20-9-6-8-19-7-4-5-10-22(19)20)26(29)17-37-28-12-11-21(32)13-18(28)2/h4-15,34H,3,16-17H2,1-2H3. The molecule has 0 aliphatic heterocycles. The molecular formula is C30H25BrFNO3S. The molecule has 5 rings (SSSR count). The number of fused-ring (bicyclic) bond motifs is 2. The molecule has 4 nitrogen and oxygen atoms in total. The first-order chi connectivity index (χ1) is 17.9. The number of carbonyl (C=O) groups excluding carboxylic acids is 1. The fourth-order valence-electron chi connectivity index (χ4n) is 4.69. The predicted molar refractivity (Wildman–Crippen MR) is 151 cm³/mol. The highest BCUT2D eigenvalue weighted by Crippen LogP contribution is 2.38. The number of benzene rings is 4. The van der Waals surface area contributed by atoms with E-state index in [9.17, 15) is 14.3 Å². The highest BCUT2D eigenvalue weighted by Gasteiger charge is 2.25. The van der Waals surface area contributed by atoms with Gasteiger partial charge in [-0.2, -0.15) is 0 Å². The number of aromatic hydroxyl groups is 1. The number of esters is 1. The highest BCUT2D eigenvalue weighted by atomic mass is 79.9. The Morgan fingerprint density at radius 3 is 2.62 bits per heavy atom. The molecule has 1 aromatic heterocycles. The van der Waals surface area contributed by atoms with Gasteiger partial charge in [0.1, 0.15) is 11.6 Å². The van der Waals surface area contributed by atoms with Crippen LogP contribution < -0.4 is 0 Å². The third-order valence-corrected chi connectivity index (χ3v) is 8.25. The van der Waals surface area contributed by atoms with Gasteiger partial charge in [-0.1, -0.05) is 42.5 Å². The number of phenolic OH excluding ortho intramolecular Hbond substituents is 1. The Labute approximate surface area is 227 Å². The van der Waals surface area contributed by atoms with Crippen LogP contribution in [0.1, 0.15) is 34.1 Å². The summed E-state index contributed by atoms with van der Waals surface area (Å²) in [5, 5.41) is 13.4. The minimum Gasteiger partial charge on any atom is -0.507 e. The summed E-state index contributed by atoms with van der Waals surface area (Å²) in [5.74, 6) is -0.205. The zero-order valence-electron chi connectivity index (χ0n) is 20.4. The molecule has 4 aromatic carbocycles. The second-order valence-electron chi connectivity index (χ2n) is 8.79. The van der Waals surface area contributed by atoms with Crippen molar-refractivity contribution in [3.63, 3.8) is 0 Å². The van der Waals surface area contributed by atoms with E-state index in [1.807, 2.05) is 31.2 Å². The molecule has 188 valence electrons. The number of thioether (sulfide) groups is 1. The smallest absolute Gasteiger partial charge is 0.340 e. The van der Waals surface area contributed by atoms with Crippen molar-refractivity contribution in [2.45, 2.75) is 31.0 Å². The molecule has 0 bridgehead atoms. The Morgan fingerprint density at radius 1 is 1.05 bits per heavy atom. The van der Waals surface area contributed by atoms with Crippen molar-refractivity contribution >= 4 is 55.3 Å². The van der Waals surface area contributed by atoms with Crippen LogP contribution in [0.5, 0.6) is 5.75 Å². The van der Waals surface area contributed by atoms with Gasteiger partial charge in [0, 0.05) is 28.3 Å². The maximum Gasteiger partial charge on any atom is 0.340 e. The molecule has 0 radical (unpaired) electrons. The molecule has 7 heteroatoms. The van der Waals surface area contributed by atoms with E-state index in [1.165, 1.54) is 12.1 Å². The minimum atomic E-state index is -0.433. The third-order valence-electron chi connectivity index (χ3n) is 6.43. The second kappa shape index (κ2) is 10.6. The Morgan fingerprint density at radius 2 is 1.84 bits per heavy atom. The maximum absolute atomic E-state index is 13.7. The van der Waals surface area contributed by atoms with Crippen LogP contribution in [0.4, 0.5) is 4.39 Å². The summed E-state index contributed by atoms with van der Waals surface area (Å²) in [5.41, 5.74) is 3.98. The summed E-state index contributed by atoms with van der Waals surface area (Å²) < 4.78 is 21.8. The Kier molecular flexibility index (Phi) is 7.26. The Hall–Kier alpha value is -3.29. The number of aromatic nitrogens is 1. The third kappa shape index (κ3) is 4.98. The number of halogens is 2. The van der Waals surface area contributed by atoms with Crippen LogP contribution in [-0.4, -0.2) is 22.2 Å². The number of phenols is 1. The zero-order valence-corrected chi connectivity index (χ0v) is 22.8. The van der Waals surface area contributed by atoms with Crippen LogP contribution in [0, 0.1) is 12.7 Å². The topological polar surface area (TPSA) is 51.5 Å². The molecule has 0 aliphatic carbocycles. The molecule has 1 heterocycles. The lowest BCUT2D eigenvalue weighted by atomic mass is 10.0. The van der Waals surface area contributed by atoms with Crippen molar-refractivity contribution in [1.29, 1.82) is 0 Å². The van der Waals surface area contributed by atoms with E-state index in [0.29, 0.717) is 27.7 Å². The average molecular weight is 579 g/mol. The largest absolute Gasteiger partial charge is 0.507 e. The molecular weight excluding hydrogens is 553 g/mol. The summed E-state index contributed by atoms with van der Waals surface area (Å²) in [7, 11) is 0. The van der Waals surface area contributed by atoms with E-state index in [-0.39, 0.29) is 18.2 Å². The maximum atomic E-state index is 13.7. The van der Waals surface area contributed by atoms with Crippen LogP contribution in [0.15, 0.2) is 82.2 Å². The van der Waals surface area contributed by atoms with Gasteiger partial charge in [0.05, 0.1) is 22.2 Å². The fraction of sp³-hybridized carbons (Fsp3) is 0.167. The van der Waals surface area contributed by atoms with Gasteiger partial charge in [0.15, 0.2) is 0 Å². The van der Waals surface area contributed by atoms with Crippen molar-refractivity contribution < 1.29 is 19.0 Å². The Bertz CT molecular complexity index is 1640. The van der Waals surface area contributed by atoms with Crippen molar-refractivity contribution in [3.05, 3.63) is 105 Å². The van der Waals surface area contributed by atoms with E-state index in [0.717, 1.165) is 38.0 Å². The predicted octanol–water partition coefficient (Wildman–Crippen LogP) is 8.23. The van der Waals surface area contributed by atoms with Gasteiger partial charge in [-0.15, -0.1) is 11.8 Å². The number of hydrogen-bond acceptors (Lipinski definition) is 4. The molecule has 0 fully saturated rings. The van der Waals surface area contributed by atoms with E-state index in [2.05, 4.69) is 44.8 Å². The molecule has 0 atom stereocenters. The average Bonchev–Trinajstić information content (AvgIpc) is 3.16. The number of carbonyl (C=O) groups is 1. The summed E-state index contributed by atoms with van der Waals surface area (Å²) in [6.45, 7) is 4.41. The lowest BCUT2D eigenvalue weighted by Crippen LogP contribution is -2.10. The van der Waals surface area contributed by atoms with Gasteiger partial charge < -0.3 is 14.4 Å². The Balaban J connectivity index is 1.71. The number of hydrogen-bond donors (Lipinski definition) is 1. The molecule has 0 saturated carbocycles. The first-order valence-electron chi connectivity index (χ1n) is 11.9. The first kappa shape index (κ1) is 25.4. The molecule has 37 heavy (non-hydrogen) atoms. The van der Waals surface area contributed by atoms with Crippen molar-refractivity contribution in [1.82, 2.24) is 4.57 Å². The molecule has 0 spiro atoms. The van der Waals surface area contributed by atoms with Gasteiger partial charge in [-0.05, 0) is 82.0 Å². The number of nitrogens with zero attached hydrogens (tertiary/aromatic N) is 1. The van der Waals surface area contributed by atoms with E-state index >= 15 is 0 Å². The van der Waals surface area contributed by atoms with E-state index in [4.69, 9.17) is 4.74 Å². The number of aryl methyl sites for hydroxylation is 1. The minimum absolute atomic E-state index is 0.0499. The van der Waals surface area contributed by atoms with E-state index < -0.39 is 5.97 Å². The van der Waals surface area contributed by atoms with Crippen molar-refractivity contribution in [2.24, 2.45) is 0 Å². The van der Waals surface area contributed by atoms with Crippen LogP contribution in [-0.2, 0) is 17.0 Å². The molecule has 0 amide bonds. The summed E-state index contributed by atoms with van der Waals surface area (Å²) >= 11 is 4.99. The lowest BCUT2D eigenvalue weighted by Gasteiger charge is -2.15. The number of rotatable bonds is 7. The van der Waals surface area contributed by atoms with Crippen LogP contribution >= 0.6 is 27.7 Å². The fourth-order valence-corrected chi connectivity index (χ4v) is 6.07. The van der Waals surface area contributed by atoms with Crippen LogP contribution in [0.3, 0.4) is 0 Å². The first-order valence-corrected chi connectivity index (χ1v) is 13.7. The molecule has 5 aromatic rings. The lowest BCUT2D eigenvalue weighted by molar-refractivity contribution is 0.0527. The molecule has 0 saturated heterocycles. The van der Waals surface area contributed by atoms with Crippen LogP contribution in [0.25, 0.3) is 21.7 Å². The monoisotopic (exact) mass is 577 g/mol. The van der Waals surface area contributed by atoms with Crippen molar-refractivity contribution in [2.75, 3.05) is 6.61 Å². The van der Waals surface area contributed by atoms with Gasteiger partial charge in [0.2, 0.25) is 0 Å². The molecule has 0 aliphatic rings. The van der Waals surface area contributed by atoms with Gasteiger partial charge >= 0.3 is 5.97 Å². The van der Waals surface area contributed by atoms with Crippen molar-refractivity contribution in [3.8, 4) is 5.75 Å². The molecule has 0 unspecified atom stereocenters. The van der Waals surface area contributed by atoms with Gasteiger partial charge in [0.25, 0.3) is 0 Å². The SMILES string of the molecule is CCOC(=O)c1c(CSc2ccc(F)cc2C)n(Cc2cccc3ccccc23)c2cc(Br)c(O)cc12. The zero-order chi connectivity index (χ0) is 26.1. The van der Waals surface area contributed by atoms with Gasteiger partial charge in [-0.25, -0.2) is 9.18 Å². The van der Waals surface area contributed by atoms with Crippen LogP contribution in [0.2, 0.25) is 0 Å². The second-order valence-corrected chi connectivity index (χ2v) is 10.7. The van der Waals surface area contributed by atoms with Gasteiger partial charge in [-0.3, -0.25) is 0 Å². The highest BCUT2D eigenvalue weighted by molar-refractivity contribution is 9.10. The normalized spacial score (nSPS) is 11.4. The number of ether oxygens (including phenoxy) is 1. The quantitative estimate of drug-likeness (QED) is 0.156. The van der Waals surface area contributed by atoms with E-state index in [1.54, 1.807) is 30.8 Å². The summed E-state index contributed by atoms with van der Waals surface area (Å²) in [6, 6.07) is 22.6. The summed E-state index contributed by atoms with van der Waals surface area (Å²) in [6.07, 6.45) is 0.